The molecule has 0 unspecified atom stereocenters. The van der Waals surface area contributed by atoms with Crippen LogP contribution in [0.2, 0.25) is 5.02 Å². The number of nitriles is 1. The molecule has 0 spiro atoms. The first-order valence-corrected chi connectivity index (χ1v) is 7.10. The summed E-state index contributed by atoms with van der Waals surface area (Å²) in [6.45, 7) is 0. The van der Waals surface area contributed by atoms with Crippen molar-refractivity contribution in [2.45, 2.75) is 0 Å². The smallest absolute Gasteiger partial charge is 0.249 e. The van der Waals surface area contributed by atoms with E-state index in [1.807, 2.05) is 12.1 Å². The van der Waals surface area contributed by atoms with E-state index in [1.54, 1.807) is 36.4 Å². The van der Waals surface area contributed by atoms with Crippen molar-refractivity contribution in [2.75, 3.05) is 10.6 Å². The number of anilines is 4. The fraction of sp³-hybridized carbons (Fsp3) is 0. The summed E-state index contributed by atoms with van der Waals surface area (Å²) in [6.07, 6.45) is 1.52. The first-order valence-electron chi connectivity index (χ1n) is 6.72. The molecule has 0 saturated carbocycles. The van der Waals surface area contributed by atoms with E-state index in [1.165, 1.54) is 6.20 Å². The highest BCUT2D eigenvalue weighted by molar-refractivity contribution is 6.30. The van der Waals surface area contributed by atoms with Crippen molar-refractivity contribution in [3.05, 3.63) is 65.3 Å². The Morgan fingerprint density at radius 2 is 1.57 bits per heavy atom. The van der Waals surface area contributed by atoms with Crippen LogP contribution >= 0.6 is 11.6 Å². The van der Waals surface area contributed by atoms with Gasteiger partial charge in [0.05, 0.1) is 17.8 Å². The highest BCUT2D eigenvalue weighted by Crippen LogP contribution is 2.18. The molecule has 0 bridgehead atoms. The minimum atomic E-state index is 0.367. The van der Waals surface area contributed by atoms with Gasteiger partial charge in [-0.3, -0.25) is 0 Å². The third-order valence-corrected chi connectivity index (χ3v) is 3.20. The first-order chi connectivity index (χ1) is 11.2. The molecule has 3 rings (SSSR count). The molecule has 0 radical (unpaired) electrons. The van der Waals surface area contributed by atoms with Crippen LogP contribution in [0.15, 0.2) is 54.7 Å². The summed E-state index contributed by atoms with van der Waals surface area (Å²) in [5, 5.41) is 23.5. The van der Waals surface area contributed by atoms with Gasteiger partial charge in [0.15, 0.2) is 5.82 Å². The molecule has 0 aliphatic rings. The predicted octanol–water partition coefficient (Wildman–Crippen LogP) is 3.88. The molecule has 0 saturated heterocycles. The molecule has 1 aromatic heterocycles. The van der Waals surface area contributed by atoms with Gasteiger partial charge in [-0.15, -0.1) is 5.10 Å². The Kier molecular flexibility index (Phi) is 4.32. The summed E-state index contributed by atoms with van der Waals surface area (Å²) in [6, 6.07) is 16.3. The molecule has 0 amide bonds. The molecule has 0 atom stereocenters. The number of nitrogens with zero attached hydrogens (tertiary/aromatic N) is 4. The second-order valence-corrected chi connectivity index (χ2v) is 5.05. The third-order valence-electron chi connectivity index (χ3n) is 2.95. The summed E-state index contributed by atoms with van der Waals surface area (Å²) < 4.78 is 0. The van der Waals surface area contributed by atoms with Crippen molar-refractivity contribution in [2.24, 2.45) is 0 Å². The minimum Gasteiger partial charge on any atom is -0.339 e. The van der Waals surface area contributed by atoms with Gasteiger partial charge in [0.25, 0.3) is 0 Å². The maximum absolute atomic E-state index is 8.79. The minimum absolute atomic E-state index is 0.367. The van der Waals surface area contributed by atoms with Crippen LogP contribution in [0.4, 0.5) is 23.1 Å². The lowest BCUT2D eigenvalue weighted by molar-refractivity contribution is 0.982. The van der Waals surface area contributed by atoms with Crippen LogP contribution in [0, 0.1) is 11.3 Å². The Morgan fingerprint density at radius 1 is 0.913 bits per heavy atom. The van der Waals surface area contributed by atoms with Crippen LogP contribution in [-0.4, -0.2) is 15.2 Å². The Labute approximate surface area is 137 Å². The van der Waals surface area contributed by atoms with Crippen LogP contribution in [-0.2, 0) is 0 Å². The van der Waals surface area contributed by atoms with Crippen LogP contribution < -0.4 is 10.6 Å². The summed E-state index contributed by atoms with van der Waals surface area (Å²) in [5.74, 6) is 0.909. The van der Waals surface area contributed by atoms with Crippen molar-refractivity contribution in [3.63, 3.8) is 0 Å². The lowest BCUT2D eigenvalue weighted by Gasteiger charge is -2.07. The molecule has 2 aromatic carbocycles. The van der Waals surface area contributed by atoms with E-state index in [0.717, 1.165) is 11.4 Å². The Balaban J connectivity index is 1.74. The molecule has 23 heavy (non-hydrogen) atoms. The van der Waals surface area contributed by atoms with Gasteiger partial charge < -0.3 is 10.6 Å². The monoisotopic (exact) mass is 322 g/mol. The van der Waals surface area contributed by atoms with Crippen molar-refractivity contribution >= 4 is 34.7 Å². The molecule has 0 fully saturated rings. The Bertz CT molecular complexity index is 840. The highest BCUT2D eigenvalue weighted by atomic mass is 35.5. The number of halogens is 1. The number of hydrogen-bond acceptors (Lipinski definition) is 6. The second kappa shape index (κ2) is 6.73. The number of nitrogens with one attached hydrogen (secondary N) is 2. The Morgan fingerprint density at radius 3 is 2.26 bits per heavy atom. The van der Waals surface area contributed by atoms with E-state index in [4.69, 9.17) is 16.9 Å². The largest absolute Gasteiger partial charge is 0.339 e. The fourth-order valence-corrected chi connectivity index (χ4v) is 1.98. The summed E-state index contributed by atoms with van der Waals surface area (Å²) >= 11 is 5.85. The second-order valence-electron chi connectivity index (χ2n) is 4.61. The van der Waals surface area contributed by atoms with Gasteiger partial charge in [-0.05, 0) is 48.5 Å². The lowest BCUT2D eigenvalue weighted by atomic mass is 10.2. The SMILES string of the molecule is N#Cc1ccc(Nc2cnnc(Nc3ccc(Cl)cc3)n2)cc1. The van der Waals surface area contributed by atoms with Crippen LogP contribution in [0.25, 0.3) is 0 Å². The van der Waals surface area contributed by atoms with Crippen molar-refractivity contribution in [1.29, 1.82) is 5.26 Å². The molecule has 0 aliphatic heterocycles. The average molecular weight is 323 g/mol. The van der Waals surface area contributed by atoms with Crippen molar-refractivity contribution in [1.82, 2.24) is 15.2 Å². The fourth-order valence-electron chi connectivity index (χ4n) is 1.86. The summed E-state index contributed by atoms with van der Waals surface area (Å²) in [5.41, 5.74) is 2.22. The van der Waals surface area contributed by atoms with E-state index in [2.05, 4.69) is 31.9 Å². The predicted molar refractivity (Wildman–Crippen MR) is 89.0 cm³/mol. The van der Waals surface area contributed by atoms with Gasteiger partial charge >= 0.3 is 0 Å². The third kappa shape index (κ3) is 3.93. The van der Waals surface area contributed by atoms with Crippen LogP contribution in [0.5, 0.6) is 0 Å². The number of hydrogen-bond donors (Lipinski definition) is 2. The van der Waals surface area contributed by atoms with E-state index in [9.17, 15) is 0 Å². The van der Waals surface area contributed by atoms with Gasteiger partial charge in [-0.1, -0.05) is 11.6 Å². The van der Waals surface area contributed by atoms with Gasteiger partial charge in [-0.25, -0.2) is 0 Å². The van der Waals surface area contributed by atoms with Gasteiger partial charge in [-0.2, -0.15) is 15.3 Å². The topological polar surface area (TPSA) is 86.5 Å². The zero-order valence-electron chi connectivity index (χ0n) is 11.9. The van der Waals surface area contributed by atoms with E-state index < -0.39 is 0 Å². The molecule has 2 N–H and O–H groups in total. The lowest BCUT2D eigenvalue weighted by Crippen LogP contribution is -2.02. The molecule has 0 aliphatic carbocycles. The van der Waals surface area contributed by atoms with Gasteiger partial charge in [0.2, 0.25) is 5.95 Å². The molecule has 7 heteroatoms. The summed E-state index contributed by atoms with van der Waals surface area (Å²) in [4.78, 5) is 4.33. The van der Waals surface area contributed by atoms with E-state index in [-0.39, 0.29) is 0 Å². The zero-order valence-corrected chi connectivity index (χ0v) is 12.6. The summed E-state index contributed by atoms with van der Waals surface area (Å²) in [7, 11) is 0. The van der Waals surface area contributed by atoms with Crippen LogP contribution in [0.1, 0.15) is 5.56 Å². The van der Waals surface area contributed by atoms with E-state index in [0.29, 0.717) is 22.4 Å². The van der Waals surface area contributed by atoms with E-state index >= 15 is 0 Å². The molecule has 1 heterocycles. The normalized spacial score (nSPS) is 9.91. The van der Waals surface area contributed by atoms with Crippen molar-refractivity contribution < 1.29 is 0 Å². The molecular weight excluding hydrogens is 312 g/mol. The molecular formula is C16H11ClN6. The number of benzene rings is 2. The maximum atomic E-state index is 8.79. The number of rotatable bonds is 4. The first kappa shape index (κ1) is 14.8. The zero-order chi connectivity index (χ0) is 16.1. The highest BCUT2D eigenvalue weighted by Gasteiger charge is 2.02. The Hall–Kier alpha value is -3.17. The maximum Gasteiger partial charge on any atom is 0.249 e. The molecule has 3 aromatic rings. The quantitative estimate of drug-likeness (QED) is 0.758. The van der Waals surface area contributed by atoms with Gasteiger partial charge in [0, 0.05) is 16.4 Å². The molecule has 112 valence electrons. The average Bonchev–Trinajstić information content (AvgIpc) is 2.58. The number of aromatic nitrogens is 3. The van der Waals surface area contributed by atoms with Gasteiger partial charge in [0.1, 0.15) is 0 Å². The molecule has 6 nitrogen and oxygen atoms in total. The van der Waals surface area contributed by atoms with Crippen LogP contribution in [0.3, 0.4) is 0 Å². The standard InChI is InChI=1S/C16H11ClN6/c17-12-3-7-14(8-4-12)21-16-22-15(10-19-23-16)20-13-5-1-11(9-18)2-6-13/h1-8,10H,(H2,20,21,22,23). The van der Waals surface area contributed by atoms with Crippen molar-refractivity contribution in [3.8, 4) is 6.07 Å².